The number of carbonyl (C=O) groups is 1. The average molecular weight is 365 g/mol. The number of rotatable bonds is 5. The van der Waals surface area contributed by atoms with Crippen LogP contribution in [0.5, 0.6) is 0 Å². The number of ether oxygens (including phenoxy) is 1. The van der Waals surface area contributed by atoms with E-state index in [1.54, 1.807) is 11.8 Å². The molecule has 1 aromatic carbocycles. The van der Waals surface area contributed by atoms with Crippen LogP contribution in [-0.4, -0.2) is 51.0 Å². The largest absolute Gasteiger partial charge is 0.501 e. The predicted octanol–water partition coefficient (Wildman–Crippen LogP) is 2.48. The van der Waals surface area contributed by atoms with E-state index >= 15 is 0 Å². The van der Waals surface area contributed by atoms with Gasteiger partial charge in [-0.3, -0.25) is 4.79 Å². The number of nitrogens with zero attached hydrogens (tertiary/aromatic N) is 1. The maximum Gasteiger partial charge on any atom is 0.501 e. The second-order valence-electron chi connectivity index (χ2n) is 5.55. The van der Waals surface area contributed by atoms with Crippen LogP contribution in [0, 0.1) is 5.92 Å². The normalized spacial score (nSPS) is 18.6. The van der Waals surface area contributed by atoms with Crippen molar-refractivity contribution in [2.24, 2.45) is 5.92 Å². The lowest BCUT2D eigenvalue weighted by molar-refractivity contribution is -0.0436. The highest BCUT2D eigenvalue weighted by Crippen LogP contribution is 2.30. The lowest BCUT2D eigenvalue weighted by Crippen LogP contribution is -2.35. The molecule has 1 fully saturated rings. The molecule has 134 valence electrons. The van der Waals surface area contributed by atoms with Crippen LogP contribution in [-0.2, 0) is 14.6 Å². The molecule has 9 heteroatoms. The molecule has 1 unspecified atom stereocenters. The fourth-order valence-electron chi connectivity index (χ4n) is 2.49. The van der Waals surface area contributed by atoms with Crippen LogP contribution in [0.3, 0.4) is 0 Å². The molecule has 0 aliphatic carbocycles. The van der Waals surface area contributed by atoms with E-state index in [4.69, 9.17) is 4.74 Å². The molecule has 0 radical (unpaired) electrons. The molecule has 1 saturated heterocycles. The van der Waals surface area contributed by atoms with Gasteiger partial charge in [0, 0.05) is 31.2 Å². The number of hydrogen-bond acceptors (Lipinski definition) is 4. The summed E-state index contributed by atoms with van der Waals surface area (Å²) >= 11 is 0. The molecule has 1 aliphatic heterocycles. The maximum atomic E-state index is 12.5. The Kier molecular flexibility index (Phi) is 5.54. The Bertz CT molecular complexity index is 680. The Morgan fingerprint density at radius 3 is 2.38 bits per heavy atom. The first-order valence-electron chi connectivity index (χ1n) is 7.45. The van der Waals surface area contributed by atoms with Crippen LogP contribution in [0.4, 0.5) is 13.2 Å². The molecule has 0 N–H and O–H groups in total. The number of alkyl halides is 3. The average Bonchev–Trinajstić information content (AvgIpc) is 3.04. The van der Waals surface area contributed by atoms with E-state index in [2.05, 4.69) is 0 Å². The molecule has 0 bridgehead atoms. The fourth-order valence-corrected chi connectivity index (χ4v) is 3.25. The van der Waals surface area contributed by atoms with Crippen molar-refractivity contribution >= 4 is 15.7 Å². The zero-order valence-electron chi connectivity index (χ0n) is 13.0. The smallest absolute Gasteiger partial charge is 0.381 e. The Labute approximate surface area is 138 Å². The van der Waals surface area contributed by atoms with E-state index in [1.807, 2.05) is 0 Å². The fraction of sp³-hybridized carbons (Fsp3) is 0.533. The van der Waals surface area contributed by atoms with Gasteiger partial charge in [-0.15, -0.1) is 0 Å². The Hall–Kier alpha value is -1.61. The highest BCUT2D eigenvalue weighted by atomic mass is 32.2. The molecular formula is C15H18F3NO4S. The molecular weight excluding hydrogens is 347 g/mol. The summed E-state index contributed by atoms with van der Waals surface area (Å²) in [6, 6.07) is 3.83. The predicted molar refractivity (Wildman–Crippen MR) is 80.2 cm³/mol. The van der Waals surface area contributed by atoms with Crippen molar-refractivity contribution in [3.63, 3.8) is 0 Å². The molecule has 24 heavy (non-hydrogen) atoms. The number of amides is 1. The van der Waals surface area contributed by atoms with E-state index in [0.29, 0.717) is 26.3 Å². The lowest BCUT2D eigenvalue weighted by atomic mass is 10.1. The molecule has 1 aromatic rings. The van der Waals surface area contributed by atoms with E-state index in [-0.39, 0.29) is 17.4 Å². The monoisotopic (exact) mass is 365 g/mol. The minimum atomic E-state index is -5.40. The summed E-state index contributed by atoms with van der Waals surface area (Å²) in [5, 5.41) is 0. The van der Waals surface area contributed by atoms with Gasteiger partial charge in [0.15, 0.2) is 0 Å². The van der Waals surface area contributed by atoms with Gasteiger partial charge in [-0.1, -0.05) is 0 Å². The minimum absolute atomic E-state index is 0.150. The van der Waals surface area contributed by atoms with Gasteiger partial charge in [-0.2, -0.15) is 13.2 Å². The van der Waals surface area contributed by atoms with Crippen molar-refractivity contribution in [3.05, 3.63) is 29.8 Å². The van der Waals surface area contributed by atoms with Gasteiger partial charge >= 0.3 is 5.51 Å². The third-order valence-corrected chi connectivity index (χ3v) is 5.39. The van der Waals surface area contributed by atoms with Crippen molar-refractivity contribution in [1.29, 1.82) is 0 Å². The zero-order chi connectivity index (χ0) is 18.0. The third-order valence-electron chi connectivity index (χ3n) is 3.89. The molecule has 5 nitrogen and oxygen atoms in total. The highest BCUT2D eigenvalue weighted by Gasteiger charge is 2.46. The van der Waals surface area contributed by atoms with Gasteiger partial charge in [0.2, 0.25) is 0 Å². The summed E-state index contributed by atoms with van der Waals surface area (Å²) < 4.78 is 65.4. The van der Waals surface area contributed by atoms with Crippen molar-refractivity contribution in [1.82, 2.24) is 4.90 Å². The summed E-state index contributed by atoms with van der Waals surface area (Å²) in [4.78, 5) is 13.1. The third kappa shape index (κ3) is 3.89. The van der Waals surface area contributed by atoms with Crippen LogP contribution in [0.15, 0.2) is 29.2 Å². The van der Waals surface area contributed by atoms with Gasteiger partial charge in [-0.25, -0.2) is 8.42 Å². The van der Waals surface area contributed by atoms with Crippen LogP contribution in [0.1, 0.15) is 23.7 Å². The molecule has 1 heterocycles. The molecule has 1 amide bonds. The van der Waals surface area contributed by atoms with E-state index < -0.39 is 20.2 Å². The van der Waals surface area contributed by atoms with Gasteiger partial charge in [-0.05, 0) is 37.6 Å². The number of sulfone groups is 1. The molecule has 2 rings (SSSR count). The van der Waals surface area contributed by atoms with Crippen LogP contribution >= 0.6 is 0 Å². The first kappa shape index (κ1) is 18.7. The molecule has 1 aliphatic rings. The first-order valence-corrected chi connectivity index (χ1v) is 8.93. The number of carbonyl (C=O) groups excluding carboxylic acids is 1. The van der Waals surface area contributed by atoms with Crippen molar-refractivity contribution < 1.29 is 31.1 Å². The topological polar surface area (TPSA) is 63.7 Å². The Morgan fingerprint density at radius 1 is 1.29 bits per heavy atom. The summed E-state index contributed by atoms with van der Waals surface area (Å²) in [5.74, 6) is -0.112. The van der Waals surface area contributed by atoms with Crippen LogP contribution < -0.4 is 0 Å². The number of halogens is 3. The van der Waals surface area contributed by atoms with Crippen molar-refractivity contribution in [3.8, 4) is 0 Å². The van der Waals surface area contributed by atoms with Crippen LogP contribution in [0.2, 0.25) is 0 Å². The van der Waals surface area contributed by atoms with E-state index in [1.165, 1.54) is 0 Å². The van der Waals surface area contributed by atoms with Gasteiger partial charge in [0.25, 0.3) is 15.7 Å². The number of hydrogen-bond donors (Lipinski definition) is 0. The zero-order valence-corrected chi connectivity index (χ0v) is 13.9. The summed E-state index contributed by atoms with van der Waals surface area (Å²) in [6.07, 6.45) is 0.854. The SMILES string of the molecule is CCN(CC1CCOC1)C(=O)c1ccc(S(=O)(=O)C(F)(F)F)cc1. The maximum absolute atomic E-state index is 12.5. The molecule has 0 spiro atoms. The highest BCUT2D eigenvalue weighted by molar-refractivity contribution is 7.92. The number of benzene rings is 1. The van der Waals surface area contributed by atoms with Crippen LogP contribution in [0.25, 0.3) is 0 Å². The second kappa shape index (κ2) is 7.10. The summed E-state index contributed by atoms with van der Waals surface area (Å²) in [7, 11) is -5.40. The quantitative estimate of drug-likeness (QED) is 0.804. The standard InChI is InChI=1S/C15H18F3NO4S/c1-2-19(9-11-7-8-23-10-11)14(20)12-3-5-13(6-4-12)24(21,22)15(16,17)18/h3-6,11H,2,7-10H2,1H3. The Morgan fingerprint density at radius 2 is 1.92 bits per heavy atom. The summed E-state index contributed by atoms with van der Waals surface area (Å²) in [6.45, 7) is 3.97. The second-order valence-corrected chi connectivity index (χ2v) is 7.49. The van der Waals surface area contributed by atoms with Gasteiger partial charge < -0.3 is 9.64 Å². The molecule has 0 saturated carbocycles. The molecule has 1 atom stereocenters. The Balaban J connectivity index is 2.15. The summed E-state index contributed by atoms with van der Waals surface area (Å²) in [5.41, 5.74) is -5.21. The van der Waals surface area contributed by atoms with Crippen molar-refractivity contribution in [2.45, 2.75) is 23.7 Å². The minimum Gasteiger partial charge on any atom is -0.381 e. The van der Waals surface area contributed by atoms with Gasteiger partial charge in [0.05, 0.1) is 11.5 Å². The van der Waals surface area contributed by atoms with Gasteiger partial charge in [0.1, 0.15) is 0 Å². The van der Waals surface area contributed by atoms with Crippen molar-refractivity contribution in [2.75, 3.05) is 26.3 Å². The molecule has 0 aromatic heterocycles. The van der Waals surface area contributed by atoms with E-state index in [0.717, 1.165) is 30.7 Å². The lowest BCUT2D eigenvalue weighted by Gasteiger charge is -2.24. The first-order chi connectivity index (χ1) is 11.2. The van der Waals surface area contributed by atoms with E-state index in [9.17, 15) is 26.4 Å².